The van der Waals surface area contributed by atoms with E-state index in [0.717, 1.165) is 27.7 Å². The van der Waals surface area contributed by atoms with Gasteiger partial charge in [-0.2, -0.15) is 5.10 Å². The third kappa shape index (κ3) is 7.38. The third-order valence-electron chi connectivity index (χ3n) is 3.58. The van der Waals surface area contributed by atoms with Crippen molar-refractivity contribution in [1.29, 1.82) is 0 Å². The van der Waals surface area contributed by atoms with Crippen LogP contribution in [-0.4, -0.2) is 31.2 Å². The summed E-state index contributed by atoms with van der Waals surface area (Å²) in [6, 6.07) is 14.6. The first-order valence-corrected chi connectivity index (χ1v) is 9.75. The van der Waals surface area contributed by atoms with Gasteiger partial charge in [-0.25, -0.2) is 5.43 Å². The summed E-state index contributed by atoms with van der Waals surface area (Å²) in [7, 11) is 0. The maximum absolute atomic E-state index is 12.0. The van der Waals surface area contributed by atoms with E-state index in [2.05, 4.69) is 45.4 Å². The molecule has 2 amide bonds. The fraction of sp³-hybridized carbons (Fsp3) is 0.250. The van der Waals surface area contributed by atoms with Gasteiger partial charge in [-0.15, -0.1) is 0 Å². The first-order valence-electron chi connectivity index (χ1n) is 8.67. The molecule has 0 aliphatic rings. The van der Waals surface area contributed by atoms with Crippen LogP contribution in [0.1, 0.15) is 35.7 Å². The Morgan fingerprint density at radius 2 is 1.89 bits per heavy atom. The van der Waals surface area contributed by atoms with Crippen molar-refractivity contribution in [3.63, 3.8) is 0 Å². The van der Waals surface area contributed by atoms with Crippen molar-refractivity contribution in [2.75, 3.05) is 13.2 Å². The van der Waals surface area contributed by atoms with Gasteiger partial charge in [-0.3, -0.25) is 9.59 Å². The number of unbranched alkanes of at least 4 members (excludes halogenated alkanes) is 1. The molecule has 6 nitrogen and oxygen atoms in total. The molecule has 0 bridgehead atoms. The molecule has 27 heavy (non-hydrogen) atoms. The zero-order valence-electron chi connectivity index (χ0n) is 15.1. The summed E-state index contributed by atoms with van der Waals surface area (Å²) in [6.07, 6.45) is 3.65. The molecule has 0 aliphatic heterocycles. The molecule has 7 heteroatoms. The number of amides is 2. The van der Waals surface area contributed by atoms with Gasteiger partial charge in [-0.05, 0) is 71.0 Å². The van der Waals surface area contributed by atoms with Crippen LogP contribution in [0.15, 0.2) is 53.6 Å². The second-order valence-electron chi connectivity index (χ2n) is 5.73. The zero-order chi connectivity index (χ0) is 19.5. The fourth-order valence-corrected chi connectivity index (χ4v) is 2.74. The summed E-state index contributed by atoms with van der Waals surface area (Å²) in [6.45, 7) is 2.67. The third-order valence-corrected chi connectivity index (χ3v) is 4.52. The smallest absolute Gasteiger partial charge is 0.259 e. The molecule has 0 unspecified atom stereocenters. The topological polar surface area (TPSA) is 79.8 Å². The number of hydrazone groups is 1. The molecule has 2 rings (SSSR count). The lowest BCUT2D eigenvalue weighted by Gasteiger charge is -2.06. The van der Waals surface area contributed by atoms with Crippen molar-refractivity contribution in [2.24, 2.45) is 5.10 Å². The minimum atomic E-state index is -0.398. The summed E-state index contributed by atoms with van der Waals surface area (Å²) in [5, 5.41) is 6.47. The average Bonchev–Trinajstić information content (AvgIpc) is 2.68. The largest absolute Gasteiger partial charge is 0.494 e. The molecule has 0 saturated heterocycles. The number of carbonyl (C=O) groups is 2. The van der Waals surface area contributed by atoms with E-state index in [-0.39, 0.29) is 12.5 Å². The quantitative estimate of drug-likeness (QED) is 0.251. The van der Waals surface area contributed by atoms with Gasteiger partial charge in [0, 0.05) is 3.57 Å². The Bertz CT molecular complexity index is 791. The van der Waals surface area contributed by atoms with Crippen molar-refractivity contribution in [1.82, 2.24) is 10.7 Å². The van der Waals surface area contributed by atoms with Crippen molar-refractivity contribution in [2.45, 2.75) is 19.8 Å². The number of hydrogen-bond acceptors (Lipinski definition) is 4. The molecule has 0 aliphatic carbocycles. The Morgan fingerprint density at radius 3 is 2.59 bits per heavy atom. The minimum absolute atomic E-state index is 0.147. The van der Waals surface area contributed by atoms with Crippen molar-refractivity contribution < 1.29 is 14.3 Å². The molecule has 2 N–H and O–H groups in total. The molecule has 2 aromatic rings. The molecule has 0 radical (unpaired) electrons. The predicted molar refractivity (Wildman–Crippen MR) is 114 cm³/mol. The van der Waals surface area contributed by atoms with Crippen LogP contribution in [-0.2, 0) is 4.79 Å². The second-order valence-corrected chi connectivity index (χ2v) is 6.89. The molecule has 0 saturated carbocycles. The van der Waals surface area contributed by atoms with E-state index in [1.54, 1.807) is 12.1 Å². The van der Waals surface area contributed by atoms with Gasteiger partial charge in [-0.1, -0.05) is 25.5 Å². The highest BCUT2D eigenvalue weighted by Gasteiger charge is 2.10. The number of halogens is 1. The Hall–Kier alpha value is -2.42. The van der Waals surface area contributed by atoms with E-state index < -0.39 is 5.91 Å². The normalized spacial score (nSPS) is 10.6. The number of benzene rings is 2. The van der Waals surface area contributed by atoms with E-state index in [0.29, 0.717) is 12.2 Å². The Labute approximate surface area is 172 Å². The zero-order valence-corrected chi connectivity index (χ0v) is 17.2. The summed E-state index contributed by atoms with van der Waals surface area (Å²) < 4.78 is 6.42. The lowest BCUT2D eigenvalue weighted by atomic mass is 10.2. The van der Waals surface area contributed by atoms with Gasteiger partial charge >= 0.3 is 0 Å². The summed E-state index contributed by atoms with van der Waals surface area (Å²) >= 11 is 2.08. The van der Waals surface area contributed by atoms with Gasteiger partial charge in [0.2, 0.25) is 0 Å². The number of nitrogens with one attached hydrogen (secondary N) is 2. The molecule has 2 aromatic carbocycles. The lowest BCUT2D eigenvalue weighted by molar-refractivity contribution is -0.120. The number of rotatable bonds is 9. The minimum Gasteiger partial charge on any atom is -0.494 e. The molecule has 0 atom stereocenters. The second kappa shape index (κ2) is 11.3. The fourth-order valence-electron chi connectivity index (χ4n) is 2.10. The van der Waals surface area contributed by atoms with Crippen LogP contribution in [0, 0.1) is 3.57 Å². The monoisotopic (exact) mass is 479 g/mol. The van der Waals surface area contributed by atoms with E-state index >= 15 is 0 Å². The highest BCUT2D eigenvalue weighted by molar-refractivity contribution is 14.1. The molecule has 0 aromatic heterocycles. The van der Waals surface area contributed by atoms with Crippen LogP contribution in [0.25, 0.3) is 0 Å². The van der Waals surface area contributed by atoms with E-state index in [1.807, 2.05) is 36.4 Å². The maximum Gasteiger partial charge on any atom is 0.259 e. The molecule has 142 valence electrons. The van der Waals surface area contributed by atoms with Crippen molar-refractivity contribution in [3.05, 3.63) is 63.2 Å². The van der Waals surface area contributed by atoms with Gasteiger partial charge in [0.1, 0.15) is 5.75 Å². The van der Waals surface area contributed by atoms with E-state index in [1.165, 1.54) is 6.21 Å². The molecular formula is C20H22IN3O3. The first kappa shape index (κ1) is 20.9. The van der Waals surface area contributed by atoms with Crippen LogP contribution in [0.3, 0.4) is 0 Å². The van der Waals surface area contributed by atoms with Crippen LogP contribution < -0.4 is 15.5 Å². The molecule has 0 spiro atoms. The SMILES string of the molecule is CCCCOc1ccc(/C=N\NC(=O)CNC(=O)c2ccccc2I)cc1. The van der Waals surface area contributed by atoms with Crippen molar-refractivity contribution in [3.8, 4) is 5.75 Å². The lowest BCUT2D eigenvalue weighted by Crippen LogP contribution is -2.35. The number of ether oxygens (including phenoxy) is 1. The van der Waals surface area contributed by atoms with Crippen LogP contribution in [0.4, 0.5) is 0 Å². The number of carbonyl (C=O) groups excluding carboxylic acids is 2. The summed E-state index contributed by atoms with van der Waals surface area (Å²) in [4.78, 5) is 23.8. The van der Waals surface area contributed by atoms with Gasteiger partial charge in [0.05, 0.1) is 24.9 Å². The molecule has 0 heterocycles. The summed E-state index contributed by atoms with van der Waals surface area (Å²) in [5.41, 5.74) is 3.76. The highest BCUT2D eigenvalue weighted by Crippen LogP contribution is 2.12. The van der Waals surface area contributed by atoms with Crippen molar-refractivity contribution >= 4 is 40.6 Å². The Morgan fingerprint density at radius 1 is 1.15 bits per heavy atom. The summed E-state index contributed by atoms with van der Waals surface area (Å²) in [5.74, 6) is 0.116. The van der Waals surface area contributed by atoms with Gasteiger partial charge < -0.3 is 10.1 Å². The van der Waals surface area contributed by atoms with Crippen LogP contribution in [0.5, 0.6) is 5.75 Å². The van der Waals surface area contributed by atoms with Crippen LogP contribution >= 0.6 is 22.6 Å². The number of nitrogens with zero attached hydrogens (tertiary/aromatic N) is 1. The van der Waals surface area contributed by atoms with E-state index in [4.69, 9.17) is 4.74 Å². The van der Waals surface area contributed by atoms with Gasteiger partial charge in [0.15, 0.2) is 0 Å². The number of hydrogen-bond donors (Lipinski definition) is 2. The average molecular weight is 479 g/mol. The van der Waals surface area contributed by atoms with Crippen LogP contribution in [0.2, 0.25) is 0 Å². The molecule has 0 fully saturated rings. The predicted octanol–water partition coefficient (Wildman–Crippen LogP) is 3.35. The maximum atomic E-state index is 12.0. The van der Waals surface area contributed by atoms with Gasteiger partial charge in [0.25, 0.3) is 11.8 Å². The Kier molecular flexibility index (Phi) is 8.76. The standard InChI is InChI=1S/C20H22IN3O3/c1-2-3-12-27-16-10-8-15(9-11-16)13-23-24-19(25)14-22-20(26)17-6-4-5-7-18(17)21/h4-11,13H,2-3,12,14H2,1H3,(H,22,26)(H,24,25)/b23-13-. The highest BCUT2D eigenvalue weighted by atomic mass is 127. The first-order chi connectivity index (χ1) is 13.1. The van der Waals surface area contributed by atoms with E-state index in [9.17, 15) is 9.59 Å². The Balaban J connectivity index is 1.74. The molecular weight excluding hydrogens is 457 g/mol.